The van der Waals surface area contributed by atoms with Crippen LogP contribution in [-0.2, 0) is 4.74 Å². The number of nitrogens with one attached hydrogen (secondary N) is 1. The molecule has 5 heteroatoms. The van der Waals surface area contributed by atoms with Gasteiger partial charge in [0.25, 0.3) is 0 Å². The first-order valence-corrected chi connectivity index (χ1v) is 6.02. The van der Waals surface area contributed by atoms with Crippen LogP contribution in [0.2, 0.25) is 0 Å². The van der Waals surface area contributed by atoms with E-state index in [9.17, 15) is 0 Å². The number of methoxy groups -OCH3 is 1. The minimum absolute atomic E-state index is 0.672. The molecule has 0 saturated carbocycles. The predicted octanol–water partition coefficient (Wildman–Crippen LogP) is 1.27. The molecule has 0 saturated heterocycles. The van der Waals surface area contributed by atoms with Gasteiger partial charge in [-0.25, -0.2) is 0 Å². The summed E-state index contributed by atoms with van der Waals surface area (Å²) in [6, 6.07) is 5.58. The number of hydrogen-bond donors (Lipinski definition) is 2. The molecule has 0 spiro atoms. The van der Waals surface area contributed by atoms with Gasteiger partial charge in [-0.3, -0.25) is 0 Å². The van der Waals surface area contributed by atoms with E-state index in [1.54, 1.807) is 13.2 Å². The summed E-state index contributed by atoms with van der Waals surface area (Å²) < 4.78 is 10.6. The number of anilines is 2. The summed E-state index contributed by atoms with van der Waals surface area (Å²) >= 11 is 0. The van der Waals surface area contributed by atoms with Gasteiger partial charge in [-0.2, -0.15) is 0 Å². The Kier molecular flexibility index (Phi) is 6.32. The normalized spacial score (nSPS) is 10.7. The number of nitrogens with zero attached hydrogens (tertiary/aromatic N) is 1. The van der Waals surface area contributed by atoms with Crippen LogP contribution in [0.5, 0.6) is 5.75 Å². The molecule has 0 unspecified atom stereocenters. The van der Waals surface area contributed by atoms with Crippen molar-refractivity contribution in [1.82, 2.24) is 4.90 Å². The van der Waals surface area contributed by atoms with Crippen molar-refractivity contribution in [3.8, 4) is 5.75 Å². The first kappa shape index (κ1) is 14.6. The second-order valence-electron chi connectivity index (χ2n) is 4.34. The van der Waals surface area contributed by atoms with Crippen molar-refractivity contribution in [3.05, 3.63) is 18.2 Å². The fraction of sp³-hybridized carbons (Fsp3) is 0.538. The average molecular weight is 253 g/mol. The largest absolute Gasteiger partial charge is 0.497 e. The van der Waals surface area contributed by atoms with E-state index >= 15 is 0 Å². The van der Waals surface area contributed by atoms with Crippen LogP contribution >= 0.6 is 0 Å². The van der Waals surface area contributed by atoms with E-state index in [4.69, 9.17) is 15.2 Å². The first-order chi connectivity index (χ1) is 8.61. The molecule has 1 rings (SSSR count). The van der Waals surface area contributed by atoms with Gasteiger partial charge in [0.1, 0.15) is 5.75 Å². The Labute approximate surface area is 109 Å². The quantitative estimate of drug-likeness (QED) is 0.539. The fourth-order valence-corrected chi connectivity index (χ4v) is 1.46. The lowest BCUT2D eigenvalue weighted by atomic mass is 10.2. The van der Waals surface area contributed by atoms with Gasteiger partial charge in [0, 0.05) is 36.6 Å². The lowest BCUT2D eigenvalue weighted by molar-refractivity contribution is 0.126. The third-order valence-electron chi connectivity index (χ3n) is 2.42. The Morgan fingerprint density at radius 3 is 2.67 bits per heavy atom. The van der Waals surface area contributed by atoms with E-state index in [1.807, 2.05) is 26.2 Å². The molecule has 18 heavy (non-hydrogen) atoms. The van der Waals surface area contributed by atoms with E-state index in [0.29, 0.717) is 12.3 Å². The highest BCUT2D eigenvalue weighted by molar-refractivity contribution is 5.59. The molecule has 0 amide bonds. The lowest BCUT2D eigenvalue weighted by Crippen LogP contribution is -2.20. The third-order valence-corrected chi connectivity index (χ3v) is 2.42. The Balaban J connectivity index is 2.24. The van der Waals surface area contributed by atoms with Crippen molar-refractivity contribution in [2.45, 2.75) is 0 Å². The number of nitrogens with two attached hydrogens (primary N) is 1. The smallest absolute Gasteiger partial charge is 0.122 e. The van der Waals surface area contributed by atoms with E-state index in [2.05, 4.69) is 10.2 Å². The highest BCUT2D eigenvalue weighted by atomic mass is 16.5. The van der Waals surface area contributed by atoms with Gasteiger partial charge in [0.05, 0.1) is 20.3 Å². The van der Waals surface area contributed by atoms with Crippen LogP contribution in [0.15, 0.2) is 18.2 Å². The maximum Gasteiger partial charge on any atom is 0.122 e. The molecule has 0 heterocycles. The number of hydrogen-bond acceptors (Lipinski definition) is 5. The predicted molar refractivity (Wildman–Crippen MR) is 75.3 cm³/mol. The minimum Gasteiger partial charge on any atom is -0.497 e. The van der Waals surface area contributed by atoms with E-state index in [0.717, 1.165) is 31.1 Å². The maximum absolute atomic E-state index is 5.76. The number of nitrogen functional groups attached to an aromatic ring is 1. The summed E-state index contributed by atoms with van der Waals surface area (Å²) in [5.74, 6) is 0.756. The summed E-state index contributed by atoms with van der Waals surface area (Å²) in [5, 5.41) is 3.25. The van der Waals surface area contributed by atoms with Gasteiger partial charge in [-0.05, 0) is 20.2 Å². The summed E-state index contributed by atoms with van der Waals surface area (Å²) in [4.78, 5) is 2.09. The van der Waals surface area contributed by atoms with Crippen molar-refractivity contribution in [2.75, 3.05) is 58.6 Å². The molecule has 1 aromatic carbocycles. The zero-order valence-electron chi connectivity index (χ0n) is 11.4. The molecule has 102 valence electrons. The molecule has 0 aliphatic heterocycles. The number of benzene rings is 1. The topological polar surface area (TPSA) is 59.8 Å². The van der Waals surface area contributed by atoms with Gasteiger partial charge in [-0.15, -0.1) is 0 Å². The third kappa shape index (κ3) is 5.75. The van der Waals surface area contributed by atoms with Crippen LogP contribution in [-0.4, -0.2) is 52.4 Å². The maximum atomic E-state index is 5.76. The Morgan fingerprint density at radius 1 is 1.22 bits per heavy atom. The van der Waals surface area contributed by atoms with Crippen LogP contribution in [0.4, 0.5) is 11.4 Å². The van der Waals surface area contributed by atoms with Crippen molar-refractivity contribution < 1.29 is 9.47 Å². The molecular weight excluding hydrogens is 230 g/mol. The van der Waals surface area contributed by atoms with Gasteiger partial charge >= 0.3 is 0 Å². The summed E-state index contributed by atoms with van der Waals surface area (Å²) in [7, 11) is 5.68. The van der Waals surface area contributed by atoms with Crippen molar-refractivity contribution in [1.29, 1.82) is 0 Å². The van der Waals surface area contributed by atoms with Gasteiger partial charge < -0.3 is 25.4 Å². The summed E-state index contributed by atoms with van der Waals surface area (Å²) in [5.41, 5.74) is 7.40. The molecule has 5 nitrogen and oxygen atoms in total. The summed E-state index contributed by atoms with van der Waals surface area (Å²) in [6.07, 6.45) is 0. The Morgan fingerprint density at radius 2 is 2.00 bits per heavy atom. The number of ether oxygens (including phenoxy) is 2. The highest BCUT2D eigenvalue weighted by Gasteiger charge is 1.98. The van der Waals surface area contributed by atoms with Crippen LogP contribution in [0, 0.1) is 0 Å². The summed E-state index contributed by atoms with van der Waals surface area (Å²) in [6.45, 7) is 3.10. The highest BCUT2D eigenvalue weighted by Crippen LogP contribution is 2.21. The number of likely N-dealkylation sites (N-methyl/N-ethyl adjacent to an activating group) is 1. The lowest BCUT2D eigenvalue weighted by Gasteiger charge is -2.11. The van der Waals surface area contributed by atoms with Crippen LogP contribution in [0.3, 0.4) is 0 Å². The van der Waals surface area contributed by atoms with Crippen molar-refractivity contribution in [3.63, 3.8) is 0 Å². The number of rotatable bonds is 8. The van der Waals surface area contributed by atoms with Gasteiger partial charge in [0.2, 0.25) is 0 Å². The van der Waals surface area contributed by atoms with Gasteiger partial charge in [-0.1, -0.05) is 0 Å². The molecular formula is C13H23N3O2. The zero-order valence-corrected chi connectivity index (χ0v) is 11.4. The SMILES string of the molecule is COc1cc(N)cc(NCCOCCN(C)C)c1. The zero-order chi connectivity index (χ0) is 13.4. The molecule has 0 aliphatic rings. The Hall–Kier alpha value is -1.46. The van der Waals surface area contributed by atoms with Crippen LogP contribution in [0.25, 0.3) is 0 Å². The molecule has 0 aliphatic carbocycles. The van der Waals surface area contributed by atoms with Crippen LogP contribution < -0.4 is 15.8 Å². The molecule has 0 radical (unpaired) electrons. The van der Waals surface area contributed by atoms with E-state index < -0.39 is 0 Å². The first-order valence-electron chi connectivity index (χ1n) is 6.02. The monoisotopic (exact) mass is 253 g/mol. The van der Waals surface area contributed by atoms with Crippen molar-refractivity contribution >= 4 is 11.4 Å². The van der Waals surface area contributed by atoms with Gasteiger partial charge in [0.15, 0.2) is 0 Å². The minimum atomic E-state index is 0.672. The van der Waals surface area contributed by atoms with E-state index in [1.165, 1.54) is 0 Å². The second-order valence-corrected chi connectivity index (χ2v) is 4.34. The second kappa shape index (κ2) is 7.79. The van der Waals surface area contributed by atoms with E-state index in [-0.39, 0.29) is 0 Å². The Bertz CT molecular complexity index is 356. The molecule has 1 aromatic rings. The average Bonchev–Trinajstić information content (AvgIpc) is 2.32. The van der Waals surface area contributed by atoms with Crippen molar-refractivity contribution in [2.24, 2.45) is 0 Å². The molecule has 0 bridgehead atoms. The fourth-order valence-electron chi connectivity index (χ4n) is 1.46. The molecule has 0 atom stereocenters. The molecule has 0 aromatic heterocycles. The van der Waals surface area contributed by atoms with Crippen LogP contribution in [0.1, 0.15) is 0 Å². The standard InChI is InChI=1S/C13H23N3O2/c1-16(2)5-7-18-6-4-15-12-8-11(14)9-13(10-12)17-3/h8-10,15H,4-7,14H2,1-3H3. The molecule has 3 N–H and O–H groups in total. The molecule has 0 fully saturated rings.